The fourth-order valence-corrected chi connectivity index (χ4v) is 1.70. The zero-order chi connectivity index (χ0) is 8.72. The minimum absolute atomic E-state index is 0.290. The quantitative estimate of drug-likeness (QED) is 0.414. The van der Waals surface area contributed by atoms with Gasteiger partial charge in [-0.1, -0.05) is 5.46 Å². The smallest absolute Gasteiger partial charge is 0.142 e. The summed E-state index contributed by atoms with van der Waals surface area (Å²) in [6.07, 6.45) is 3.13. The van der Waals surface area contributed by atoms with Crippen LogP contribution in [0.2, 0.25) is 0 Å². The van der Waals surface area contributed by atoms with Crippen molar-refractivity contribution in [3.05, 3.63) is 24.3 Å². The summed E-state index contributed by atoms with van der Waals surface area (Å²) in [5, 5.41) is 0.866. The SMILES string of the molecule is Bc1cn(P)c2ncc(F)cc12. The van der Waals surface area contributed by atoms with E-state index in [1.165, 1.54) is 12.3 Å². The Morgan fingerprint density at radius 2 is 2.33 bits per heavy atom. The van der Waals surface area contributed by atoms with Crippen molar-refractivity contribution in [2.24, 2.45) is 0 Å². The largest absolute Gasteiger partial charge is 0.318 e. The van der Waals surface area contributed by atoms with Crippen LogP contribution in [0.3, 0.4) is 0 Å². The molecule has 0 spiro atoms. The summed E-state index contributed by atoms with van der Waals surface area (Å²) in [7, 11) is 4.45. The molecule has 2 aromatic rings. The van der Waals surface area contributed by atoms with Crippen molar-refractivity contribution >= 4 is 33.7 Å². The fraction of sp³-hybridized carbons (Fsp3) is 0. The maximum atomic E-state index is 12.7. The van der Waals surface area contributed by atoms with Crippen molar-refractivity contribution in [2.75, 3.05) is 0 Å². The maximum absolute atomic E-state index is 12.7. The molecule has 0 bridgehead atoms. The minimum Gasteiger partial charge on any atom is -0.318 e. The van der Waals surface area contributed by atoms with Gasteiger partial charge in [-0.3, -0.25) is 0 Å². The van der Waals surface area contributed by atoms with Crippen molar-refractivity contribution in [3.8, 4) is 0 Å². The van der Waals surface area contributed by atoms with Crippen LogP contribution < -0.4 is 5.46 Å². The van der Waals surface area contributed by atoms with Crippen LogP contribution in [0.4, 0.5) is 4.39 Å². The Morgan fingerprint density at radius 1 is 1.58 bits per heavy atom. The zero-order valence-corrected chi connectivity index (χ0v) is 7.74. The van der Waals surface area contributed by atoms with Crippen LogP contribution >= 0.6 is 9.39 Å². The van der Waals surface area contributed by atoms with Gasteiger partial charge in [0.05, 0.1) is 6.20 Å². The molecule has 5 heteroatoms. The van der Waals surface area contributed by atoms with E-state index in [0.29, 0.717) is 0 Å². The Kier molecular flexibility index (Phi) is 1.65. The highest BCUT2D eigenvalue weighted by atomic mass is 31.0. The Bertz CT molecular complexity index is 440. The lowest BCUT2D eigenvalue weighted by atomic mass is 9.97. The molecule has 1 atom stereocenters. The molecule has 0 aliphatic heterocycles. The van der Waals surface area contributed by atoms with E-state index in [2.05, 4.69) is 14.4 Å². The van der Waals surface area contributed by atoms with Crippen LogP contribution in [0.25, 0.3) is 11.0 Å². The molecule has 0 fully saturated rings. The van der Waals surface area contributed by atoms with E-state index in [4.69, 9.17) is 0 Å². The summed E-state index contributed by atoms with van der Waals surface area (Å²) < 4.78 is 14.6. The van der Waals surface area contributed by atoms with E-state index in [1.54, 1.807) is 0 Å². The average molecular weight is 180 g/mol. The molecule has 12 heavy (non-hydrogen) atoms. The monoisotopic (exact) mass is 180 g/mol. The van der Waals surface area contributed by atoms with Gasteiger partial charge in [0.2, 0.25) is 0 Å². The normalized spacial score (nSPS) is 10.8. The second-order valence-electron chi connectivity index (χ2n) is 2.74. The number of fused-ring (bicyclic) bond motifs is 1. The summed E-state index contributed by atoms with van der Waals surface area (Å²) in [4.78, 5) is 3.97. The van der Waals surface area contributed by atoms with Crippen LogP contribution in [0.5, 0.6) is 0 Å². The summed E-state index contributed by atoms with van der Waals surface area (Å²) in [6, 6.07) is 1.50. The Morgan fingerprint density at radius 3 is 3.08 bits per heavy atom. The van der Waals surface area contributed by atoms with Gasteiger partial charge in [-0.05, 0) is 15.5 Å². The van der Waals surface area contributed by atoms with Crippen molar-refractivity contribution < 1.29 is 4.39 Å². The first-order valence-electron chi connectivity index (χ1n) is 3.57. The topological polar surface area (TPSA) is 17.8 Å². The van der Waals surface area contributed by atoms with Crippen molar-refractivity contribution in [1.29, 1.82) is 0 Å². The molecule has 2 rings (SSSR count). The molecule has 2 nitrogen and oxygen atoms in total. The molecule has 0 aromatic carbocycles. The van der Waals surface area contributed by atoms with E-state index < -0.39 is 0 Å². The van der Waals surface area contributed by atoms with Gasteiger partial charge in [-0.2, -0.15) is 0 Å². The highest BCUT2D eigenvalue weighted by molar-refractivity contribution is 7.15. The molecular weight excluding hydrogens is 173 g/mol. The molecule has 0 N–H and O–H groups in total. The highest BCUT2D eigenvalue weighted by Gasteiger charge is 2.04. The van der Waals surface area contributed by atoms with Crippen LogP contribution in [0, 0.1) is 5.82 Å². The minimum atomic E-state index is -0.290. The first kappa shape index (κ1) is 7.75. The molecule has 0 aliphatic carbocycles. The van der Waals surface area contributed by atoms with Crippen LogP contribution in [-0.2, 0) is 0 Å². The molecular formula is C7H7BFN2P. The summed E-state index contributed by atoms with van der Waals surface area (Å²) >= 11 is 0. The van der Waals surface area contributed by atoms with Crippen molar-refractivity contribution in [2.45, 2.75) is 0 Å². The van der Waals surface area contributed by atoms with Gasteiger partial charge >= 0.3 is 0 Å². The van der Waals surface area contributed by atoms with Gasteiger partial charge in [0.1, 0.15) is 19.3 Å². The number of halogens is 1. The first-order chi connectivity index (χ1) is 5.68. The Hall–Kier alpha value is -0.885. The number of nitrogens with zero attached hydrogens (tertiary/aromatic N) is 2. The van der Waals surface area contributed by atoms with Gasteiger partial charge < -0.3 is 4.34 Å². The third kappa shape index (κ3) is 1.03. The molecule has 2 heterocycles. The standard InChI is InChI=1S/C7H7BFN2P/c8-6-3-11(12)7-5(6)1-4(9)2-10-7/h1-3H,8,12H2. The lowest BCUT2D eigenvalue weighted by Gasteiger charge is -1.93. The number of aromatic nitrogens is 2. The van der Waals surface area contributed by atoms with Gasteiger partial charge in [0, 0.05) is 11.6 Å². The maximum Gasteiger partial charge on any atom is 0.142 e. The fourth-order valence-electron chi connectivity index (χ4n) is 1.27. The molecule has 1 unspecified atom stereocenters. The molecule has 0 radical (unpaired) electrons. The molecule has 0 amide bonds. The van der Waals surface area contributed by atoms with Crippen LogP contribution in [0.15, 0.2) is 18.5 Å². The zero-order valence-electron chi connectivity index (χ0n) is 6.58. The number of hydrogen-bond donors (Lipinski definition) is 0. The number of rotatable bonds is 0. The van der Waals surface area contributed by atoms with E-state index >= 15 is 0 Å². The molecule has 60 valence electrons. The van der Waals surface area contributed by atoms with Crippen LogP contribution in [0.1, 0.15) is 0 Å². The molecule has 0 saturated carbocycles. The van der Waals surface area contributed by atoms with Gasteiger partial charge in [-0.15, -0.1) is 0 Å². The number of hydrogen-bond acceptors (Lipinski definition) is 1. The highest BCUT2D eigenvalue weighted by Crippen LogP contribution is 2.13. The average Bonchev–Trinajstić information content (AvgIpc) is 2.28. The Labute approximate surface area is 72.5 Å². The third-order valence-corrected chi connectivity index (χ3v) is 2.23. The Balaban J connectivity index is 2.90. The predicted molar refractivity (Wildman–Crippen MR) is 53.0 cm³/mol. The molecule has 0 saturated heterocycles. The van der Waals surface area contributed by atoms with Gasteiger partial charge in [0.15, 0.2) is 0 Å². The van der Waals surface area contributed by atoms with E-state index in [9.17, 15) is 4.39 Å². The lowest BCUT2D eigenvalue weighted by molar-refractivity contribution is 0.624. The second-order valence-corrected chi connectivity index (χ2v) is 3.30. The summed E-state index contributed by atoms with van der Waals surface area (Å²) in [6.45, 7) is 0. The predicted octanol–water partition coefficient (Wildman–Crippen LogP) is 0.0720. The van der Waals surface area contributed by atoms with Crippen molar-refractivity contribution in [1.82, 2.24) is 9.32 Å². The number of pyridine rings is 1. The van der Waals surface area contributed by atoms with E-state index in [0.717, 1.165) is 16.5 Å². The van der Waals surface area contributed by atoms with E-state index in [-0.39, 0.29) is 5.82 Å². The third-order valence-electron chi connectivity index (χ3n) is 1.84. The van der Waals surface area contributed by atoms with Gasteiger partial charge in [0.25, 0.3) is 0 Å². The van der Waals surface area contributed by atoms with Crippen molar-refractivity contribution in [3.63, 3.8) is 0 Å². The lowest BCUT2D eigenvalue weighted by Crippen LogP contribution is -1.97. The first-order valence-corrected chi connectivity index (χ1v) is 4.08. The second kappa shape index (κ2) is 2.56. The van der Waals surface area contributed by atoms with Crippen LogP contribution in [-0.4, -0.2) is 17.2 Å². The summed E-state index contributed by atoms with van der Waals surface area (Å²) in [5.41, 5.74) is 1.82. The molecule has 2 aromatic heterocycles. The van der Waals surface area contributed by atoms with Gasteiger partial charge in [-0.25, -0.2) is 9.37 Å². The summed E-state index contributed by atoms with van der Waals surface area (Å²) in [5.74, 6) is -0.290. The molecule has 0 aliphatic rings. The van der Waals surface area contributed by atoms with E-state index in [1.807, 2.05) is 18.4 Å².